The molecule has 4 rings (SSSR count). The maximum Gasteiger partial charge on any atom is 0.197 e. The molecule has 2 aromatic carbocycles. The average molecular weight is 385 g/mol. The van der Waals surface area contributed by atoms with Crippen LogP contribution in [0.5, 0.6) is 5.75 Å². The van der Waals surface area contributed by atoms with Crippen LogP contribution in [0, 0.1) is 28.8 Å². The van der Waals surface area contributed by atoms with Crippen molar-refractivity contribution in [3.8, 4) is 11.8 Å². The average Bonchev–Trinajstić information content (AvgIpc) is 3.07. The topological polar surface area (TPSA) is 67.0 Å². The Balaban J connectivity index is 2.05. The Labute approximate surface area is 157 Å². The Hall–Kier alpha value is -3.47. The van der Waals surface area contributed by atoms with Gasteiger partial charge in [0.05, 0.1) is 23.6 Å². The fourth-order valence-electron chi connectivity index (χ4n) is 3.55. The number of nitriles is 1. The van der Waals surface area contributed by atoms with Crippen molar-refractivity contribution in [2.24, 2.45) is 0 Å². The van der Waals surface area contributed by atoms with E-state index in [-0.39, 0.29) is 22.5 Å². The van der Waals surface area contributed by atoms with Gasteiger partial charge in [-0.3, -0.25) is 4.79 Å². The largest absolute Gasteiger partial charge is 0.497 e. The molecular formula is C20H14F3N3O2. The number of hydrogen-bond acceptors (Lipinski definition) is 4. The number of carbonyl (C=O) groups excluding carboxylic acids is 1. The van der Waals surface area contributed by atoms with Gasteiger partial charge in [-0.1, -0.05) is 0 Å². The van der Waals surface area contributed by atoms with Crippen LogP contribution in [0.1, 0.15) is 27.9 Å². The molecule has 0 amide bonds. The summed E-state index contributed by atoms with van der Waals surface area (Å²) in [6.45, 7) is 0.803. The molecule has 8 heteroatoms. The van der Waals surface area contributed by atoms with E-state index in [1.165, 1.54) is 29.9 Å². The number of carbonyl (C=O) groups is 1. The van der Waals surface area contributed by atoms with E-state index in [2.05, 4.69) is 5.32 Å². The highest BCUT2D eigenvalue weighted by molar-refractivity contribution is 6.20. The minimum atomic E-state index is -1.60. The highest BCUT2D eigenvalue weighted by Gasteiger charge is 2.33. The number of aryl methyl sites for hydroxylation is 1. The maximum atomic E-state index is 14.9. The van der Waals surface area contributed by atoms with Crippen LogP contribution in [-0.2, 0) is 6.54 Å². The number of nitrogens with one attached hydrogen (secondary N) is 1. The molecule has 0 radical (unpaired) electrons. The lowest BCUT2D eigenvalue weighted by Crippen LogP contribution is -2.19. The van der Waals surface area contributed by atoms with Crippen LogP contribution < -0.4 is 10.1 Å². The summed E-state index contributed by atoms with van der Waals surface area (Å²) in [5, 5.41) is 11.6. The summed E-state index contributed by atoms with van der Waals surface area (Å²) in [6.07, 6.45) is 0.604. The van der Waals surface area contributed by atoms with Crippen molar-refractivity contribution in [2.75, 3.05) is 19.0 Å². The lowest BCUT2D eigenvalue weighted by atomic mass is 10.00. The summed E-state index contributed by atoms with van der Waals surface area (Å²) < 4.78 is 50.5. The molecule has 0 unspecified atom stereocenters. The van der Waals surface area contributed by atoms with Crippen molar-refractivity contribution < 1.29 is 22.7 Å². The number of ether oxygens (including phenoxy) is 1. The van der Waals surface area contributed by atoms with Crippen LogP contribution in [-0.4, -0.2) is 24.0 Å². The van der Waals surface area contributed by atoms with Crippen molar-refractivity contribution in [1.29, 1.82) is 5.26 Å². The standard InChI is InChI=1S/C20H14F3N3O2/c1-28-11-5-3-10(4-6-11)19(27)14-13-17(23)15(21)12(9-24)16(22)18(13)26-8-2-7-25-20(14)26/h3-6,25H,2,7-8H2,1H3. The lowest BCUT2D eigenvalue weighted by molar-refractivity contribution is 0.104. The van der Waals surface area contributed by atoms with Gasteiger partial charge in [0, 0.05) is 18.7 Å². The van der Waals surface area contributed by atoms with Crippen molar-refractivity contribution in [1.82, 2.24) is 4.57 Å². The fraction of sp³-hybridized carbons (Fsp3) is 0.200. The molecule has 2 heterocycles. The van der Waals surface area contributed by atoms with Crippen LogP contribution in [0.15, 0.2) is 24.3 Å². The summed E-state index contributed by atoms with van der Waals surface area (Å²) in [4.78, 5) is 13.2. The first-order valence-electron chi connectivity index (χ1n) is 8.55. The molecule has 28 heavy (non-hydrogen) atoms. The van der Waals surface area contributed by atoms with Crippen molar-refractivity contribution in [3.05, 3.63) is 58.4 Å². The highest BCUT2D eigenvalue weighted by atomic mass is 19.2. The van der Waals surface area contributed by atoms with Gasteiger partial charge in [-0.15, -0.1) is 0 Å². The molecule has 1 N–H and O–H groups in total. The van der Waals surface area contributed by atoms with E-state index in [9.17, 15) is 18.0 Å². The van der Waals surface area contributed by atoms with E-state index in [4.69, 9.17) is 10.00 Å². The van der Waals surface area contributed by atoms with Gasteiger partial charge in [0.25, 0.3) is 0 Å². The number of benzene rings is 2. The van der Waals surface area contributed by atoms with E-state index >= 15 is 0 Å². The third kappa shape index (κ3) is 2.43. The first-order chi connectivity index (χ1) is 13.5. The molecule has 0 saturated carbocycles. The smallest absolute Gasteiger partial charge is 0.197 e. The molecular weight excluding hydrogens is 371 g/mol. The quantitative estimate of drug-likeness (QED) is 0.547. The number of aromatic nitrogens is 1. The monoisotopic (exact) mass is 385 g/mol. The van der Waals surface area contributed by atoms with Crippen LogP contribution >= 0.6 is 0 Å². The number of ketones is 1. The molecule has 3 aromatic rings. The van der Waals surface area contributed by atoms with Crippen molar-refractivity contribution >= 4 is 22.5 Å². The predicted octanol–water partition coefficient (Wildman–Crippen LogP) is 3.99. The summed E-state index contributed by atoms with van der Waals surface area (Å²) in [5.41, 5.74) is -1.22. The number of anilines is 1. The van der Waals surface area contributed by atoms with Crippen LogP contribution in [0.2, 0.25) is 0 Å². The Morgan fingerprint density at radius 1 is 1.18 bits per heavy atom. The molecule has 0 saturated heterocycles. The zero-order valence-electron chi connectivity index (χ0n) is 14.8. The second-order valence-corrected chi connectivity index (χ2v) is 6.37. The van der Waals surface area contributed by atoms with Gasteiger partial charge in [0.2, 0.25) is 0 Å². The van der Waals surface area contributed by atoms with Crippen LogP contribution in [0.4, 0.5) is 19.0 Å². The molecule has 0 bridgehead atoms. The van der Waals surface area contributed by atoms with Gasteiger partial charge < -0.3 is 14.6 Å². The van der Waals surface area contributed by atoms with E-state index in [0.29, 0.717) is 25.3 Å². The molecule has 5 nitrogen and oxygen atoms in total. The molecule has 142 valence electrons. The summed E-state index contributed by atoms with van der Waals surface area (Å²) >= 11 is 0. The molecule has 0 atom stereocenters. The summed E-state index contributed by atoms with van der Waals surface area (Å²) in [5.74, 6) is -4.02. The van der Waals surface area contributed by atoms with Crippen molar-refractivity contribution in [2.45, 2.75) is 13.0 Å². The molecule has 0 spiro atoms. The molecule has 1 aromatic heterocycles. The van der Waals surface area contributed by atoms with E-state index < -0.39 is 34.2 Å². The maximum absolute atomic E-state index is 14.9. The second-order valence-electron chi connectivity index (χ2n) is 6.37. The minimum absolute atomic E-state index is 0.153. The van der Waals surface area contributed by atoms with Gasteiger partial charge in [-0.05, 0) is 30.7 Å². The zero-order chi connectivity index (χ0) is 20.0. The van der Waals surface area contributed by atoms with Gasteiger partial charge in [-0.2, -0.15) is 5.26 Å². The number of rotatable bonds is 3. The summed E-state index contributed by atoms with van der Waals surface area (Å²) in [7, 11) is 1.48. The minimum Gasteiger partial charge on any atom is -0.497 e. The van der Waals surface area contributed by atoms with E-state index in [1.54, 1.807) is 12.1 Å². The molecule has 0 aliphatic carbocycles. The molecule has 1 aliphatic rings. The van der Waals surface area contributed by atoms with Crippen molar-refractivity contribution in [3.63, 3.8) is 0 Å². The second kappa shape index (κ2) is 6.60. The van der Waals surface area contributed by atoms with Gasteiger partial charge in [0.15, 0.2) is 23.2 Å². The molecule has 1 aliphatic heterocycles. The molecule has 0 fully saturated rings. The highest BCUT2D eigenvalue weighted by Crippen LogP contribution is 2.39. The van der Waals surface area contributed by atoms with Gasteiger partial charge in [0.1, 0.15) is 23.2 Å². The third-order valence-corrected chi connectivity index (χ3v) is 4.86. The predicted molar refractivity (Wildman–Crippen MR) is 96.1 cm³/mol. The van der Waals surface area contributed by atoms with Gasteiger partial charge >= 0.3 is 0 Å². The SMILES string of the molecule is COc1ccc(C(=O)c2c3n(c4c(F)c(C#N)c(F)c(F)c24)CCCN3)cc1. The Morgan fingerprint density at radius 3 is 2.54 bits per heavy atom. The van der Waals surface area contributed by atoms with Crippen LogP contribution in [0.25, 0.3) is 10.9 Å². The number of nitrogens with zero attached hydrogens (tertiary/aromatic N) is 2. The number of hydrogen-bond donors (Lipinski definition) is 1. The van der Waals surface area contributed by atoms with Gasteiger partial charge in [-0.25, -0.2) is 13.2 Å². The normalized spacial score (nSPS) is 13.0. The Kier molecular flexibility index (Phi) is 4.23. The van der Waals surface area contributed by atoms with E-state index in [0.717, 1.165) is 0 Å². The number of methoxy groups -OCH3 is 1. The third-order valence-electron chi connectivity index (χ3n) is 4.86. The number of fused-ring (bicyclic) bond motifs is 3. The van der Waals surface area contributed by atoms with Crippen LogP contribution in [0.3, 0.4) is 0 Å². The first-order valence-corrected chi connectivity index (χ1v) is 8.55. The first kappa shape index (κ1) is 17.9. The Morgan fingerprint density at radius 2 is 1.89 bits per heavy atom. The zero-order valence-corrected chi connectivity index (χ0v) is 14.8. The Bertz CT molecular complexity index is 1160. The lowest BCUT2D eigenvalue weighted by Gasteiger charge is -2.19. The fourth-order valence-corrected chi connectivity index (χ4v) is 3.55. The number of halogens is 3. The van der Waals surface area contributed by atoms with E-state index in [1.807, 2.05) is 0 Å². The summed E-state index contributed by atoms with van der Waals surface area (Å²) in [6, 6.07) is 7.48.